The van der Waals surface area contributed by atoms with Crippen molar-refractivity contribution < 1.29 is 0 Å². The van der Waals surface area contributed by atoms with Crippen molar-refractivity contribution in [3.63, 3.8) is 0 Å². The predicted octanol–water partition coefficient (Wildman–Crippen LogP) is 3.17. The highest BCUT2D eigenvalue weighted by atomic mass is 35.5. The van der Waals surface area contributed by atoms with Gasteiger partial charge in [0.15, 0.2) is 0 Å². The Hall–Kier alpha value is -1.12. The van der Waals surface area contributed by atoms with Gasteiger partial charge in [-0.1, -0.05) is 24.6 Å². The Kier molecular flexibility index (Phi) is 3.42. The lowest BCUT2D eigenvalue weighted by Crippen LogP contribution is -2.21. The van der Waals surface area contributed by atoms with Gasteiger partial charge in [0, 0.05) is 22.6 Å². The van der Waals surface area contributed by atoms with Gasteiger partial charge in [-0.3, -0.25) is 4.98 Å². The molecule has 1 atom stereocenters. The lowest BCUT2D eigenvalue weighted by molar-refractivity contribution is 0.648. The lowest BCUT2D eigenvalue weighted by atomic mass is 10.0. The third kappa shape index (κ3) is 2.34. The molecule has 1 unspecified atom stereocenters. The summed E-state index contributed by atoms with van der Waals surface area (Å²) in [6.07, 6.45) is 3.69. The maximum absolute atomic E-state index is 5.98. The average molecular weight is 235 g/mol. The van der Waals surface area contributed by atoms with E-state index in [0.717, 1.165) is 28.8 Å². The van der Waals surface area contributed by atoms with Gasteiger partial charge in [-0.2, -0.15) is 0 Å². The maximum atomic E-state index is 5.98. The van der Waals surface area contributed by atoms with Gasteiger partial charge in [-0.15, -0.1) is 0 Å². The molecular weight excluding hydrogens is 220 g/mol. The van der Waals surface area contributed by atoms with Crippen LogP contribution in [0.1, 0.15) is 18.9 Å². The third-order valence-electron chi connectivity index (χ3n) is 2.80. The standard InChI is InChI=1S/C13H15ClN2/c1-2-11(15)7-9-5-6-16-13-8-10(14)3-4-12(9)13/h3-6,8,11H,2,7,15H2,1H3. The zero-order chi connectivity index (χ0) is 11.5. The minimum Gasteiger partial charge on any atom is -0.327 e. The van der Waals surface area contributed by atoms with Crippen molar-refractivity contribution in [3.05, 3.63) is 41.0 Å². The zero-order valence-corrected chi connectivity index (χ0v) is 10.0. The Balaban J connectivity index is 2.45. The van der Waals surface area contributed by atoms with E-state index in [1.807, 2.05) is 30.5 Å². The summed E-state index contributed by atoms with van der Waals surface area (Å²) < 4.78 is 0. The topological polar surface area (TPSA) is 38.9 Å². The molecule has 84 valence electrons. The summed E-state index contributed by atoms with van der Waals surface area (Å²) in [7, 11) is 0. The van der Waals surface area contributed by atoms with Crippen LogP contribution in [-0.2, 0) is 6.42 Å². The molecule has 2 nitrogen and oxygen atoms in total. The van der Waals surface area contributed by atoms with E-state index in [4.69, 9.17) is 17.3 Å². The average Bonchev–Trinajstić information content (AvgIpc) is 2.28. The van der Waals surface area contributed by atoms with Crippen LogP contribution in [0.15, 0.2) is 30.5 Å². The number of nitrogens with two attached hydrogens (primary N) is 1. The largest absolute Gasteiger partial charge is 0.327 e. The van der Waals surface area contributed by atoms with Gasteiger partial charge < -0.3 is 5.73 Å². The fraction of sp³-hybridized carbons (Fsp3) is 0.308. The highest BCUT2D eigenvalue weighted by Crippen LogP contribution is 2.21. The quantitative estimate of drug-likeness (QED) is 0.886. The van der Waals surface area contributed by atoms with Gasteiger partial charge in [-0.25, -0.2) is 0 Å². The van der Waals surface area contributed by atoms with Crippen molar-refractivity contribution in [3.8, 4) is 0 Å². The number of benzene rings is 1. The molecule has 0 bridgehead atoms. The van der Waals surface area contributed by atoms with Crippen LogP contribution in [0.4, 0.5) is 0 Å². The fourth-order valence-corrected chi connectivity index (χ4v) is 1.95. The van der Waals surface area contributed by atoms with Crippen LogP contribution in [0.25, 0.3) is 10.9 Å². The van der Waals surface area contributed by atoms with E-state index in [9.17, 15) is 0 Å². The Morgan fingerprint density at radius 3 is 2.94 bits per heavy atom. The molecule has 2 rings (SSSR count). The van der Waals surface area contributed by atoms with E-state index in [1.54, 1.807) is 0 Å². The van der Waals surface area contributed by atoms with E-state index in [-0.39, 0.29) is 6.04 Å². The number of nitrogens with zero attached hydrogens (tertiary/aromatic N) is 1. The van der Waals surface area contributed by atoms with E-state index in [0.29, 0.717) is 0 Å². The smallest absolute Gasteiger partial charge is 0.0719 e. The molecule has 0 aliphatic carbocycles. The Morgan fingerprint density at radius 1 is 1.38 bits per heavy atom. The number of fused-ring (bicyclic) bond motifs is 1. The molecule has 1 aromatic carbocycles. The predicted molar refractivity (Wildman–Crippen MR) is 68.7 cm³/mol. The molecule has 0 saturated carbocycles. The van der Waals surface area contributed by atoms with Crippen LogP contribution in [0, 0.1) is 0 Å². The minimum absolute atomic E-state index is 0.210. The summed E-state index contributed by atoms with van der Waals surface area (Å²) in [6.45, 7) is 2.10. The highest BCUT2D eigenvalue weighted by molar-refractivity contribution is 6.31. The first kappa shape index (κ1) is 11.4. The normalized spacial score (nSPS) is 12.9. The van der Waals surface area contributed by atoms with Crippen molar-refractivity contribution in [2.75, 3.05) is 0 Å². The van der Waals surface area contributed by atoms with Gasteiger partial charge in [-0.05, 0) is 36.6 Å². The highest BCUT2D eigenvalue weighted by Gasteiger charge is 2.06. The van der Waals surface area contributed by atoms with Crippen LogP contribution < -0.4 is 5.73 Å². The molecule has 0 amide bonds. The molecule has 1 heterocycles. The summed E-state index contributed by atoms with van der Waals surface area (Å²) in [5.74, 6) is 0. The van der Waals surface area contributed by atoms with E-state index < -0.39 is 0 Å². The monoisotopic (exact) mass is 234 g/mol. The third-order valence-corrected chi connectivity index (χ3v) is 3.04. The summed E-state index contributed by atoms with van der Waals surface area (Å²) in [5, 5.41) is 1.87. The van der Waals surface area contributed by atoms with Crippen LogP contribution in [-0.4, -0.2) is 11.0 Å². The fourth-order valence-electron chi connectivity index (χ4n) is 1.79. The summed E-state index contributed by atoms with van der Waals surface area (Å²) in [6, 6.07) is 8.04. The second kappa shape index (κ2) is 4.81. The summed E-state index contributed by atoms with van der Waals surface area (Å²) in [4.78, 5) is 4.31. The minimum atomic E-state index is 0.210. The Morgan fingerprint density at radius 2 is 2.19 bits per heavy atom. The summed E-state index contributed by atoms with van der Waals surface area (Å²) in [5.41, 5.74) is 8.16. The molecule has 0 spiro atoms. The molecule has 0 aliphatic heterocycles. The number of aromatic nitrogens is 1. The van der Waals surface area contributed by atoms with Crippen molar-refractivity contribution in [2.24, 2.45) is 5.73 Å². The van der Waals surface area contributed by atoms with Crippen LogP contribution in [0.2, 0.25) is 5.02 Å². The first-order valence-electron chi connectivity index (χ1n) is 5.49. The van der Waals surface area contributed by atoms with Crippen molar-refractivity contribution in [2.45, 2.75) is 25.8 Å². The Labute approximate surface area is 100 Å². The first-order chi connectivity index (χ1) is 7.70. The molecule has 0 radical (unpaired) electrons. The van der Waals surface area contributed by atoms with Crippen molar-refractivity contribution in [1.29, 1.82) is 0 Å². The second-order valence-corrected chi connectivity index (χ2v) is 4.44. The second-order valence-electron chi connectivity index (χ2n) is 4.00. The molecule has 1 aromatic heterocycles. The van der Waals surface area contributed by atoms with Crippen molar-refractivity contribution >= 4 is 22.5 Å². The molecular formula is C13H15ClN2. The van der Waals surface area contributed by atoms with Gasteiger partial charge in [0.05, 0.1) is 5.52 Å². The van der Waals surface area contributed by atoms with Gasteiger partial charge >= 0.3 is 0 Å². The molecule has 0 saturated heterocycles. The number of hydrogen-bond acceptors (Lipinski definition) is 2. The number of pyridine rings is 1. The molecule has 16 heavy (non-hydrogen) atoms. The lowest BCUT2D eigenvalue weighted by Gasteiger charge is -2.10. The number of hydrogen-bond donors (Lipinski definition) is 1. The summed E-state index contributed by atoms with van der Waals surface area (Å²) >= 11 is 5.94. The zero-order valence-electron chi connectivity index (χ0n) is 9.28. The SMILES string of the molecule is CCC(N)Cc1ccnc2cc(Cl)ccc12. The van der Waals surface area contributed by atoms with Crippen LogP contribution in [0.3, 0.4) is 0 Å². The number of halogens is 1. The van der Waals surface area contributed by atoms with E-state index in [2.05, 4.69) is 11.9 Å². The maximum Gasteiger partial charge on any atom is 0.0719 e. The molecule has 0 aliphatic rings. The molecule has 3 heteroatoms. The number of rotatable bonds is 3. The van der Waals surface area contributed by atoms with E-state index in [1.165, 1.54) is 5.56 Å². The first-order valence-corrected chi connectivity index (χ1v) is 5.87. The van der Waals surface area contributed by atoms with E-state index >= 15 is 0 Å². The van der Waals surface area contributed by atoms with Crippen molar-refractivity contribution in [1.82, 2.24) is 4.98 Å². The Bertz CT molecular complexity index is 496. The molecule has 0 fully saturated rings. The molecule has 2 N–H and O–H groups in total. The van der Waals surface area contributed by atoms with Crippen LogP contribution in [0.5, 0.6) is 0 Å². The van der Waals surface area contributed by atoms with Gasteiger partial charge in [0.2, 0.25) is 0 Å². The van der Waals surface area contributed by atoms with Crippen LogP contribution >= 0.6 is 11.6 Å². The van der Waals surface area contributed by atoms with Gasteiger partial charge in [0.25, 0.3) is 0 Å². The van der Waals surface area contributed by atoms with Gasteiger partial charge in [0.1, 0.15) is 0 Å². The molecule has 2 aromatic rings.